The highest BCUT2D eigenvalue weighted by atomic mass is 32.2. The molecule has 1 aliphatic heterocycles. The molecule has 3 aromatic carbocycles. The molecule has 228 valence electrons. The van der Waals surface area contributed by atoms with Gasteiger partial charge in [0.1, 0.15) is 23.0 Å². The van der Waals surface area contributed by atoms with E-state index in [1.165, 1.54) is 43.4 Å². The Morgan fingerprint density at radius 3 is 2.36 bits per heavy atom. The van der Waals surface area contributed by atoms with Crippen LogP contribution in [0.15, 0.2) is 75.7 Å². The average molecular weight is 621 g/mol. The molecule has 44 heavy (non-hydrogen) atoms. The summed E-state index contributed by atoms with van der Waals surface area (Å²) in [6.07, 6.45) is 3.11. The minimum absolute atomic E-state index is 0.133. The van der Waals surface area contributed by atoms with E-state index >= 15 is 0 Å². The van der Waals surface area contributed by atoms with Gasteiger partial charge < -0.3 is 19.1 Å². The van der Waals surface area contributed by atoms with E-state index in [0.717, 1.165) is 12.8 Å². The standard InChI is InChI=1S/C32H30F2N4O5S/c1-3-44(40,41)37-26-16-27-25(29(31(39)35-2)30(42-27)20-8-12-23(34)13-9-20)15-24(26)21-5-4-14-38(18-21)32-36-17-28(43-32)19-6-10-22(33)11-7-19/h6-13,15-17,21,37H,3-5,14,18H2,1-2H3,(H,35,39). The number of hydrogen-bond acceptors (Lipinski definition) is 7. The molecule has 2 N–H and O–H groups in total. The monoisotopic (exact) mass is 620 g/mol. The number of carbonyl (C=O) groups excluding carboxylic acids is 1. The SMILES string of the molecule is CCS(=O)(=O)Nc1cc2oc(-c3ccc(F)cc3)c(C(=O)NC)c2cc1C1CCCN(c2ncc(-c3ccc(F)cc3)o2)C1. The number of amides is 1. The zero-order valence-corrected chi connectivity index (χ0v) is 24.9. The van der Waals surface area contributed by atoms with Gasteiger partial charge in [0.25, 0.3) is 11.9 Å². The van der Waals surface area contributed by atoms with Crippen LogP contribution in [0.4, 0.5) is 20.5 Å². The van der Waals surface area contributed by atoms with Crippen LogP contribution >= 0.6 is 0 Å². The summed E-state index contributed by atoms with van der Waals surface area (Å²) in [5, 5.41) is 3.16. The molecule has 0 bridgehead atoms. The van der Waals surface area contributed by atoms with Crippen molar-refractivity contribution in [3.8, 4) is 22.6 Å². The molecule has 0 aliphatic carbocycles. The minimum Gasteiger partial charge on any atom is -0.455 e. The van der Waals surface area contributed by atoms with Crippen molar-refractivity contribution in [3.05, 3.63) is 89.6 Å². The van der Waals surface area contributed by atoms with E-state index in [4.69, 9.17) is 8.83 Å². The van der Waals surface area contributed by atoms with Gasteiger partial charge in [0.05, 0.1) is 23.2 Å². The third-order valence-electron chi connectivity index (χ3n) is 7.82. The van der Waals surface area contributed by atoms with Crippen LogP contribution < -0.4 is 14.9 Å². The van der Waals surface area contributed by atoms with E-state index in [-0.39, 0.29) is 28.8 Å². The van der Waals surface area contributed by atoms with Crippen molar-refractivity contribution in [2.24, 2.45) is 0 Å². The normalized spacial score (nSPS) is 15.5. The summed E-state index contributed by atoms with van der Waals surface area (Å²) in [5.74, 6) is -0.712. The second-order valence-electron chi connectivity index (χ2n) is 10.6. The second-order valence-corrected chi connectivity index (χ2v) is 12.6. The van der Waals surface area contributed by atoms with Gasteiger partial charge in [-0.2, -0.15) is 0 Å². The highest BCUT2D eigenvalue weighted by Gasteiger charge is 2.30. The lowest BCUT2D eigenvalue weighted by molar-refractivity contribution is 0.0964. The fraction of sp³-hybridized carbons (Fsp3) is 0.250. The average Bonchev–Trinajstić information content (AvgIpc) is 3.66. The third kappa shape index (κ3) is 5.77. The maximum atomic E-state index is 13.7. The molecule has 1 saturated heterocycles. The molecule has 1 aliphatic rings. The topological polar surface area (TPSA) is 118 Å². The van der Waals surface area contributed by atoms with Crippen LogP contribution in [0.3, 0.4) is 0 Å². The number of aromatic nitrogens is 1. The number of piperidine rings is 1. The first-order chi connectivity index (χ1) is 21.2. The van der Waals surface area contributed by atoms with Crippen LogP contribution in [0.5, 0.6) is 0 Å². The number of benzene rings is 3. The summed E-state index contributed by atoms with van der Waals surface area (Å²) in [6, 6.07) is 15.4. The quantitative estimate of drug-likeness (QED) is 0.202. The fourth-order valence-electron chi connectivity index (χ4n) is 5.54. The smallest absolute Gasteiger partial charge is 0.297 e. The zero-order chi connectivity index (χ0) is 31.0. The van der Waals surface area contributed by atoms with Crippen molar-refractivity contribution in [1.29, 1.82) is 0 Å². The van der Waals surface area contributed by atoms with Crippen molar-refractivity contribution in [1.82, 2.24) is 10.3 Å². The molecule has 1 amide bonds. The molecule has 12 heteroatoms. The number of nitrogens with zero attached hydrogens (tertiary/aromatic N) is 2. The Labute approximate surface area is 252 Å². The number of rotatable bonds is 8. The summed E-state index contributed by atoms with van der Waals surface area (Å²) in [5.41, 5.74) is 2.83. The lowest BCUT2D eigenvalue weighted by atomic mass is 9.88. The molecule has 9 nitrogen and oxygen atoms in total. The zero-order valence-electron chi connectivity index (χ0n) is 24.1. The summed E-state index contributed by atoms with van der Waals surface area (Å²) in [4.78, 5) is 19.6. The van der Waals surface area contributed by atoms with Gasteiger partial charge in [-0.05, 0) is 79.9 Å². The van der Waals surface area contributed by atoms with Crippen LogP contribution in [-0.4, -0.2) is 45.2 Å². The molecule has 2 aromatic heterocycles. The Morgan fingerprint density at radius 1 is 1.02 bits per heavy atom. The van der Waals surface area contributed by atoms with E-state index in [9.17, 15) is 22.0 Å². The van der Waals surface area contributed by atoms with E-state index in [1.54, 1.807) is 37.4 Å². The highest BCUT2D eigenvalue weighted by molar-refractivity contribution is 7.92. The van der Waals surface area contributed by atoms with Crippen LogP contribution in [-0.2, 0) is 10.0 Å². The molecule has 0 saturated carbocycles. The van der Waals surface area contributed by atoms with Gasteiger partial charge in [-0.1, -0.05) is 0 Å². The number of carbonyl (C=O) groups is 1. The Kier molecular flexibility index (Phi) is 7.85. The molecule has 1 fully saturated rings. The van der Waals surface area contributed by atoms with Gasteiger partial charge in [0.15, 0.2) is 5.76 Å². The molecular weight excluding hydrogens is 590 g/mol. The number of nitrogens with one attached hydrogen (secondary N) is 2. The summed E-state index contributed by atoms with van der Waals surface area (Å²) < 4.78 is 67.5. The Morgan fingerprint density at radius 2 is 1.70 bits per heavy atom. The number of fused-ring (bicyclic) bond motifs is 1. The van der Waals surface area contributed by atoms with Gasteiger partial charge in [0, 0.05) is 48.6 Å². The molecule has 6 rings (SSSR count). The first-order valence-electron chi connectivity index (χ1n) is 14.2. The predicted octanol–water partition coefficient (Wildman–Crippen LogP) is 6.54. The van der Waals surface area contributed by atoms with Gasteiger partial charge in [-0.15, -0.1) is 0 Å². The number of oxazole rings is 1. The highest BCUT2D eigenvalue weighted by Crippen LogP contribution is 2.41. The van der Waals surface area contributed by atoms with Crippen LogP contribution in [0.2, 0.25) is 0 Å². The van der Waals surface area contributed by atoms with Crippen molar-refractivity contribution in [3.63, 3.8) is 0 Å². The predicted molar refractivity (Wildman–Crippen MR) is 164 cm³/mol. The van der Waals surface area contributed by atoms with Crippen LogP contribution in [0.25, 0.3) is 33.6 Å². The molecule has 3 heterocycles. The van der Waals surface area contributed by atoms with E-state index in [1.807, 2.05) is 4.90 Å². The lowest BCUT2D eigenvalue weighted by Gasteiger charge is -2.33. The van der Waals surface area contributed by atoms with E-state index in [2.05, 4.69) is 15.0 Å². The van der Waals surface area contributed by atoms with Crippen molar-refractivity contribution in [2.75, 3.05) is 35.5 Å². The fourth-order valence-corrected chi connectivity index (χ4v) is 6.20. The summed E-state index contributed by atoms with van der Waals surface area (Å²) in [7, 11) is -2.15. The molecule has 1 atom stereocenters. The Balaban J connectivity index is 1.42. The summed E-state index contributed by atoms with van der Waals surface area (Å²) >= 11 is 0. The van der Waals surface area contributed by atoms with Gasteiger partial charge in [-0.25, -0.2) is 22.2 Å². The van der Waals surface area contributed by atoms with Gasteiger partial charge >= 0.3 is 0 Å². The van der Waals surface area contributed by atoms with Crippen LogP contribution in [0, 0.1) is 11.6 Å². The van der Waals surface area contributed by atoms with Gasteiger partial charge in [0.2, 0.25) is 10.0 Å². The maximum Gasteiger partial charge on any atom is 0.297 e. The number of anilines is 2. The van der Waals surface area contributed by atoms with Crippen molar-refractivity contribution in [2.45, 2.75) is 25.7 Å². The Hall–Kier alpha value is -4.71. The van der Waals surface area contributed by atoms with Crippen molar-refractivity contribution >= 4 is 38.6 Å². The van der Waals surface area contributed by atoms with Crippen molar-refractivity contribution < 1.29 is 30.8 Å². The summed E-state index contributed by atoms with van der Waals surface area (Å²) in [6.45, 7) is 2.68. The molecule has 0 spiro atoms. The number of hydrogen-bond donors (Lipinski definition) is 2. The number of furan rings is 1. The lowest BCUT2D eigenvalue weighted by Crippen LogP contribution is -2.35. The second kappa shape index (κ2) is 11.8. The van der Waals surface area contributed by atoms with E-state index in [0.29, 0.717) is 58.2 Å². The largest absolute Gasteiger partial charge is 0.455 e. The van der Waals surface area contributed by atoms with E-state index < -0.39 is 21.7 Å². The first kappa shape index (κ1) is 29.4. The third-order valence-corrected chi connectivity index (χ3v) is 9.11. The van der Waals surface area contributed by atoms with Gasteiger partial charge in [-0.3, -0.25) is 9.52 Å². The molecule has 0 radical (unpaired) electrons. The van der Waals surface area contributed by atoms with Crippen LogP contribution in [0.1, 0.15) is 41.6 Å². The minimum atomic E-state index is -3.66. The molecule has 5 aromatic rings. The Bertz CT molecular complexity index is 1940. The maximum absolute atomic E-state index is 13.7. The number of halogens is 2. The first-order valence-corrected chi connectivity index (χ1v) is 15.9. The number of sulfonamides is 1. The molecular formula is C32H30F2N4O5S. The molecule has 1 unspecified atom stereocenters.